The minimum Gasteiger partial charge on any atom is -0.491 e. The zero-order valence-electron chi connectivity index (χ0n) is 12.8. The molecule has 3 heteroatoms. The Morgan fingerprint density at radius 2 is 1.81 bits per heavy atom. The summed E-state index contributed by atoms with van der Waals surface area (Å²) in [4.78, 5) is 0. The number of nitrogens with one attached hydrogen (secondary N) is 1. The van der Waals surface area contributed by atoms with Crippen LogP contribution in [0.3, 0.4) is 0 Å². The van der Waals surface area contributed by atoms with E-state index in [0.29, 0.717) is 6.54 Å². The lowest BCUT2D eigenvalue weighted by Gasteiger charge is -2.20. The molecule has 0 aromatic heterocycles. The second kappa shape index (κ2) is 7.23. The Balaban J connectivity index is 2.04. The molecular formula is C18H22FNO. The summed E-state index contributed by atoms with van der Waals surface area (Å²) in [5, 5.41) is 3.41. The van der Waals surface area contributed by atoms with E-state index in [9.17, 15) is 4.39 Å². The van der Waals surface area contributed by atoms with Gasteiger partial charge in [0.15, 0.2) is 0 Å². The van der Waals surface area contributed by atoms with Gasteiger partial charge in [0.05, 0.1) is 6.10 Å². The van der Waals surface area contributed by atoms with Gasteiger partial charge in [-0.15, -0.1) is 0 Å². The normalized spacial score (nSPS) is 12.4. The molecule has 2 aromatic carbocycles. The Morgan fingerprint density at radius 3 is 2.52 bits per heavy atom. The molecule has 0 aliphatic carbocycles. The van der Waals surface area contributed by atoms with Gasteiger partial charge in [-0.2, -0.15) is 0 Å². The summed E-state index contributed by atoms with van der Waals surface area (Å²) in [5.74, 6) is 0.692. The number of rotatable bonds is 6. The van der Waals surface area contributed by atoms with E-state index >= 15 is 0 Å². The highest BCUT2D eigenvalue weighted by molar-refractivity contribution is 5.35. The fourth-order valence-electron chi connectivity index (χ4n) is 2.23. The van der Waals surface area contributed by atoms with Crippen LogP contribution in [0, 0.1) is 5.82 Å². The predicted molar refractivity (Wildman–Crippen MR) is 83.9 cm³/mol. The molecule has 0 saturated heterocycles. The monoisotopic (exact) mass is 287 g/mol. The second-order valence-corrected chi connectivity index (χ2v) is 5.44. The third kappa shape index (κ3) is 4.57. The number of halogens is 1. The van der Waals surface area contributed by atoms with Gasteiger partial charge in [-0.25, -0.2) is 4.39 Å². The Morgan fingerprint density at radius 1 is 1.05 bits per heavy atom. The van der Waals surface area contributed by atoms with Crippen molar-refractivity contribution in [2.75, 3.05) is 0 Å². The Bertz CT molecular complexity index is 583. The van der Waals surface area contributed by atoms with E-state index in [0.717, 1.165) is 16.9 Å². The third-order valence-electron chi connectivity index (χ3n) is 3.25. The maximum atomic E-state index is 13.2. The first kappa shape index (κ1) is 15.5. The summed E-state index contributed by atoms with van der Waals surface area (Å²) in [5.41, 5.74) is 2.05. The Hall–Kier alpha value is -1.87. The van der Waals surface area contributed by atoms with Gasteiger partial charge in [0, 0.05) is 18.2 Å². The molecule has 1 N–H and O–H groups in total. The standard InChI is InChI=1S/C18H22FNO/c1-13(2)21-18-10-5-4-9-17(18)14(3)20-12-15-7-6-8-16(19)11-15/h4-11,13-14,20H,12H2,1-3H3. The number of hydrogen-bond acceptors (Lipinski definition) is 2. The molecule has 21 heavy (non-hydrogen) atoms. The fraction of sp³-hybridized carbons (Fsp3) is 0.333. The van der Waals surface area contributed by atoms with Crippen molar-refractivity contribution in [1.29, 1.82) is 0 Å². The van der Waals surface area contributed by atoms with Gasteiger partial charge in [-0.05, 0) is 44.5 Å². The largest absolute Gasteiger partial charge is 0.491 e. The van der Waals surface area contributed by atoms with Crippen molar-refractivity contribution in [3.63, 3.8) is 0 Å². The molecule has 2 rings (SSSR count). The van der Waals surface area contributed by atoms with Crippen molar-refractivity contribution in [1.82, 2.24) is 5.32 Å². The number of para-hydroxylation sites is 1. The van der Waals surface area contributed by atoms with Crippen molar-refractivity contribution in [3.8, 4) is 5.75 Å². The first-order chi connectivity index (χ1) is 10.1. The smallest absolute Gasteiger partial charge is 0.124 e. The van der Waals surface area contributed by atoms with Crippen LogP contribution in [0.1, 0.15) is 37.9 Å². The zero-order valence-corrected chi connectivity index (χ0v) is 12.8. The van der Waals surface area contributed by atoms with E-state index in [1.54, 1.807) is 12.1 Å². The predicted octanol–water partition coefficient (Wildman–Crippen LogP) is 4.46. The highest BCUT2D eigenvalue weighted by atomic mass is 19.1. The first-order valence-electron chi connectivity index (χ1n) is 7.29. The molecule has 2 aromatic rings. The molecule has 1 unspecified atom stereocenters. The topological polar surface area (TPSA) is 21.3 Å². The van der Waals surface area contributed by atoms with Crippen LogP contribution in [0.2, 0.25) is 0 Å². The van der Waals surface area contributed by atoms with Crippen LogP contribution < -0.4 is 10.1 Å². The molecule has 1 atom stereocenters. The summed E-state index contributed by atoms with van der Waals surface area (Å²) in [6, 6.07) is 14.8. The lowest BCUT2D eigenvalue weighted by molar-refractivity contribution is 0.238. The SMILES string of the molecule is CC(C)Oc1ccccc1C(C)NCc1cccc(F)c1. The molecule has 0 saturated carbocycles. The van der Waals surface area contributed by atoms with Crippen LogP contribution in [-0.4, -0.2) is 6.10 Å². The second-order valence-electron chi connectivity index (χ2n) is 5.44. The van der Waals surface area contributed by atoms with Gasteiger partial charge in [0.1, 0.15) is 11.6 Å². The van der Waals surface area contributed by atoms with Crippen LogP contribution >= 0.6 is 0 Å². The van der Waals surface area contributed by atoms with Crippen LogP contribution in [-0.2, 0) is 6.54 Å². The molecule has 112 valence electrons. The first-order valence-corrected chi connectivity index (χ1v) is 7.29. The van der Waals surface area contributed by atoms with Crippen molar-refractivity contribution >= 4 is 0 Å². The average Bonchev–Trinajstić information content (AvgIpc) is 2.45. The zero-order chi connectivity index (χ0) is 15.2. The molecule has 0 aliphatic rings. The summed E-state index contributed by atoms with van der Waals surface area (Å²) in [6.07, 6.45) is 0.140. The summed E-state index contributed by atoms with van der Waals surface area (Å²) < 4.78 is 19.0. The lowest BCUT2D eigenvalue weighted by Crippen LogP contribution is -2.19. The molecule has 0 radical (unpaired) electrons. The maximum absolute atomic E-state index is 13.2. The van der Waals surface area contributed by atoms with E-state index in [2.05, 4.69) is 18.3 Å². The number of hydrogen-bond donors (Lipinski definition) is 1. The Labute approximate surface area is 126 Å². The van der Waals surface area contributed by atoms with Gasteiger partial charge >= 0.3 is 0 Å². The quantitative estimate of drug-likeness (QED) is 0.846. The van der Waals surface area contributed by atoms with E-state index in [1.165, 1.54) is 6.07 Å². The van der Waals surface area contributed by atoms with Gasteiger partial charge in [-0.1, -0.05) is 30.3 Å². The lowest BCUT2D eigenvalue weighted by atomic mass is 10.1. The molecular weight excluding hydrogens is 265 g/mol. The minimum absolute atomic E-state index is 0.128. The van der Waals surface area contributed by atoms with Gasteiger partial charge < -0.3 is 10.1 Å². The minimum atomic E-state index is -0.203. The average molecular weight is 287 g/mol. The summed E-state index contributed by atoms with van der Waals surface area (Å²) in [7, 11) is 0. The van der Waals surface area contributed by atoms with Gasteiger partial charge in [0.2, 0.25) is 0 Å². The molecule has 0 aliphatic heterocycles. The highest BCUT2D eigenvalue weighted by Crippen LogP contribution is 2.26. The molecule has 0 amide bonds. The van der Waals surface area contributed by atoms with Crippen molar-refractivity contribution in [3.05, 3.63) is 65.5 Å². The van der Waals surface area contributed by atoms with Crippen LogP contribution in [0.15, 0.2) is 48.5 Å². The van der Waals surface area contributed by atoms with E-state index in [1.807, 2.05) is 38.1 Å². The van der Waals surface area contributed by atoms with Crippen LogP contribution in [0.4, 0.5) is 4.39 Å². The van der Waals surface area contributed by atoms with Crippen molar-refractivity contribution < 1.29 is 9.13 Å². The molecule has 0 heterocycles. The Kier molecular flexibility index (Phi) is 5.34. The molecule has 2 nitrogen and oxygen atoms in total. The fourth-order valence-corrected chi connectivity index (χ4v) is 2.23. The third-order valence-corrected chi connectivity index (χ3v) is 3.25. The summed E-state index contributed by atoms with van der Waals surface area (Å²) >= 11 is 0. The molecule has 0 fully saturated rings. The number of benzene rings is 2. The van der Waals surface area contributed by atoms with E-state index < -0.39 is 0 Å². The van der Waals surface area contributed by atoms with Gasteiger partial charge in [0.25, 0.3) is 0 Å². The maximum Gasteiger partial charge on any atom is 0.124 e. The molecule has 0 spiro atoms. The van der Waals surface area contributed by atoms with Crippen LogP contribution in [0.25, 0.3) is 0 Å². The molecule has 0 bridgehead atoms. The highest BCUT2D eigenvalue weighted by Gasteiger charge is 2.11. The summed E-state index contributed by atoms with van der Waals surface area (Å²) in [6.45, 7) is 6.74. The van der Waals surface area contributed by atoms with E-state index in [4.69, 9.17) is 4.74 Å². The van der Waals surface area contributed by atoms with Crippen LogP contribution in [0.5, 0.6) is 5.75 Å². The number of ether oxygens (including phenoxy) is 1. The van der Waals surface area contributed by atoms with E-state index in [-0.39, 0.29) is 18.0 Å². The van der Waals surface area contributed by atoms with Crippen molar-refractivity contribution in [2.24, 2.45) is 0 Å². The van der Waals surface area contributed by atoms with Crippen molar-refractivity contribution in [2.45, 2.75) is 39.5 Å². The van der Waals surface area contributed by atoms with Gasteiger partial charge in [-0.3, -0.25) is 0 Å².